The molecule has 32 heavy (non-hydrogen) atoms. The molecule has 7 heteroatoms. The largest absolute Gasteiger partial charge is 0.496 e. The van der Waals surface area contributed by atoms with Crippen molar-refractivity contribution >= 4 is 23.4 Å². The molecule has 0 saturated carbocycles. The van der Waals surface area contributed by atoms with Crippen molar-refractivity contribution in [3.8, 4) is 11.4 Å². The Morgan fingerprint density at radius 2 is 1.72 bits per heavy atom. The van der Waals surface area contributed by atoms with Crippen molar-refractivity contribution < 1.29 is 14.3 Å². The van der Waals surface area contributed by atoms with Crippen molar-refractivity contribution in [2.75, 3.05) is 20.2 Å². The summed E-state index contributed by atoms with van der Waals surface area (Å²) < 4.78 is 7.39. The molecule has 0 radical (unpaired) electrons. The molecule has 0 atom stereocenters. The lowest BCUT2D eigenvalue weighted by Gasteiger charge is -2.33. The van der Waals surface area contributed by atoms with Gasteiger partial charge < -0.3 is 19.5 Å². The fourth-order valence-electron chi connectivity index (χ4n) is 4.06. The van der Waals surface area contributed by atoms with Gasteiger partial charge in [0, 0.05) is 43.2 Å². The van der Waals surface area contributed by atoms with Crippen molar-refractivity contribution in [1.29, 1.82) is 0 Å². The number of aromatic nitrogens is 1. The van der Waals surface area contributed by atoms with Crippen molar-refractivity contribution in [2.45, 2.75) is 25.8 Å². The van der Waals surface area contributed by atoms with Crippen LogP contribution in [0.3, 0.4) is 0 Å². The summed E-state index contributed by atoms with van der Waals surface area (Å²) in [7, 11) is 1.55. The number of aryl methyl sites for hydroxylation is 1. The zero-order valence-electron chi connectivity index (χ0n) is 18.2. The highest BCUT2D eigenvalue weighted by atomic mass is 35.5. The third kappa shape index (κ3) is 4.50. The van der Waals surface area contributed by atoms with Crippen LogP contribution in [0.15, 0.2) is 60.9 Å². The van der Waals surface area contributed by atoms with Crippen LogP contribution in [0.4, 0.5) is 0 Å². The van der Waals surface area contributed by atoms with Crippen molar-refractivity contribution in [2.24, 2.45) is 0 Å². The second-order valence-electron chi connectivity index (χ2n) is 7.95. The summed E-state index contributed by atoms with van der Waals surface area (Å²) in [5.41, 5.74) is 2.83. The summed E-state index contributed by atoms with van der Waals surface area (Å²) in [4.78, 5) is 27.6. The van der Waals surface area contributed by atoms with E-state index >= 15 is 0 Å². The molecule has 0 aliphatic carbocycles. The number of likely N-dealkylation sites (tertiary alicyclic amines) is 1. The molecule has 0 bridgehead atoms. The van der Waals surface area contributed by atoms with E-state index in [1.165, 1.54) is 0 Å². The number of nitrogens with zero attached hydrogens (tertiary/aromatic N) is 2. The minimum atomic E-state index is -0.119. The topological polar surface area (TPSA) is 63.6 Å². The van der Waals surface area contributed by atoms with Crippen LogP contribution in [0, 0.1) is 6.92 Å². The Morgan fingerprint density at radius 3 is 2.38 bits per heavy atom. The van der Waals surface area contributed by atoms with Gasteiger partial charge in [0.25, 0.3) is 11.8 Å². The second kappa shape index (κ2) is 9.49. The van der Waals surface area contributed by atoms with Gasteiger partial charge in [-0.1, -0.05) is 29.8 Å². The predicted molar refractivity (Wildman–Crippen MR) is 125 cm³/mol. The molecule has 1 aliphatic rings. The first-order valence-corrected chi connectivity index (χ1v) is 11.0. The highest BCUT2D eigenvalue weighted by molar-refractivity contribution is 6.33. The number of carbonyl (C=O) groups is 2. The predicted octanol–water partition coefficient (Wildman–Crippen LogP) is 4.48. The molecule has 4 rings (SSSR count). The molecule has 0 unspecified atom stereocenters. The first-order valence-electron chi connectivity index (χ1n) is 10.6. The van der Waals surface area contributed by atoms with Gasteiger partial charge in [-0.05, 0) is 49.6 Å². The van der Waals surface area contributed by atoms with Crippen LogP contribution in [0.1, 0.15) is 39.1 Å². The molecule has 1 fully saturated rings. The van der Waals surface area contributed by atoms with E-state index in [1.807, 2.05) is 60.3 Å². The van der Waals surface area contributed by atoms with Gasteiger partial charge in [0.1, 0.15) is 5.75 Å². The van der Waals surface area contributed by atoms with Crippen LogP contribution in [-0.4, -0.2) is 47.5 Å². The average molecular weight is 452 g/mol. The molecular formula is C25H26ClN3O3. The van der Waals surface area contributed by atoms with Crippen molar-refractivity contribution in [1.82, 2.24) is 14.8 Å². The summed E-state index contributed by atoms with van der Waals surface area (Å²) in [6, 6.07) is 14.8. The van der Waals surface area contributed by atoms with E-state index in [0.29, 0.717) is 47.8 Å². The second-order valence-corrected chi connectivity index (χ2v) is 8.36. The third-order valence-corrected chi connectivity index (χ3v) is 6.19. The van der Waals surface area contributed by atoms with E-state index in [9.17, 15) is 9.59 Å². The molecule has 1 aromatic heterocycles. The Balaban J connectivity index is 1.43. The SMILES string of the molecule is COc1cc(-n2cccc2)c(Cl)cc1C(=O)N1CCC(NC(=O)c2ccccc2C)CC1. The Kier molecular flexibility index (Phi) is 6.51. The number of halogens is 1. The maximum atomic E-state index is 13.2. The molecule has 3 aromatic rings. The van der Waals surface area contributed by atoms with Gasteiger partial charge in [-0.2, -0.15) is 0 Å². The fraction of sp³-hybridized carbons (Fsp3) is 0.280. The van der Waals surface area contributed by atoms with Gasteiger partial charge in [-0.25, -0.2) is 0 Å². The molecule has 2 heterocycles. The average Bonchev–Trinajstić information content (AvgIpc) is 3.34. The summed E-state index contributed by atoms with van der Waals surface area (Å²) >= 11 is 6.49. The number of ether oxygens (including phenoxy) is 1. The zero-order valence-corrected chi connectivity index (χ0v) is 18.9. The smallest absolute Gasteiger partial charge is 0.257 e. The highest BCUT2D eigenvalue weighted by Gasteiger charge is 2.27. The lowest BCUT2D eigenvalue weighted by atomic mass is 10.0. The normalized spacial score (nSPS) is 14.3. The number of nitrogens with one attached hydrogen (secondary N) is 1. The Bertz CT molecular complexity index is 1120. The molecule has 6 nitrogen and oxygen atoms in total. The van der Waals surface area contributed by atoms with Gasteiger partial charge in [-0.3, -0.25) is 9.59 Å². The number of methoxy groups -OCH3 is 1. The number of hydrogen-bond acceptors (Lipinski definition) is 3. The molecule has 2 amide bonds. The number of carbonyl (C=O) groups excluding carboxylic acids is 2. The van der Waals surface area contributed by atoms with E-state index in [2.05, 4.69) is 5.32 Å². The van der Waals surface area contributed by atoms with Gasteiger partial charge >= 0.3 is 0 Å². The standard InChI is InChI=1S/C25H26ClN3O3/c1-17-7-3-4-8-19(17)24(30)27-18-9-13-29(14-10-18)25(31)20-15-21(26)22(16-23(20)32-2)28-11-5-6-12-28/h3-8,11-12,15-16,18H,9-10,13-14H2,1-2H3,(H,27,30). The van der Waals surface area contributed by atoms with Crippen molar-refractivity contribution in [3.05, 3.63) is 82.6 Å². The third-order valence-electron chi connectivity index (χ3n) is 5.89. The number of hydrogen-bond donors (Lipinski definition) is 1. The van der Waals surface area contributed by atoms with Gasteiger partial charge in [-0.15, -0.1) is 0 Å². The molecule has 166 valence electrons. The minimum absolute atomic E-state index is 0.0350. The van der Waals surface area contributed by atoms with E-state index in [4.69, 9.17) is 16.3 Å². The number of rotatable bonds is 5. The summed E-state index contributed by atoms with van der Waals surface area (Å²) in [6.45, 7) is 3.03. The van der Waals surface area contributed by atoms with Crippen LogP contribution in [0.2, 0.25) is 5.02 Å². The van der Waals surface area contributed by atoms with E-state index in [0.717, 1.165) is 11.3 Å². The van der Waals surface area contributed by atoms with Gasteiger partial charge in [0.15, 0.2) is 0 Å². The van der Waals surface area contributed by atoms with Crippen LogP contribution < -0.4 is 10.1 Å². The van der Waals surface area contributed by atoms with Crippen LogP contribution >= 0.6 is 11.6 Å². The number of piperidine rings is 1. The quantitative estimate of drug-likeness (QED) is 0.622. The molecule has 1 aliphatic heterocycles. The van der Waals surface area contributed by atoms with Crippen LogP contribution in [0.5, 0.6) is 5.75 Å². The van der Waals surface area contributed by atoms with Crippen LogP contribution in [0.25, 0.3) is 5.69 Å². The number of amides is 2. The molecule has 1 N–H and O–H groups in total. The Morgan fingerprint density at radius 1 is 1.03 bits per heavy atom. The highest BCUT2D eigenvalue weighted by Crippen LogP contribution is 2.31. The van der Waals surface area contributed by atoms with Crippen LogP contribution in [-0.2, 0) is 0 Å². The lowest BCUT2D eigenvalue weighted by Crippen LogP contribution is -2.46. The van der Waals surface area contributed by atoms with E-state index < -0.39 is 0 Å². The first-order chi connectivity index (χ1) is 15.5. The molecule has 0 spiro atoms. The zero-order chi connectivity index (χ0) is 22.7. The lowest BCUT2D eigenvalue weighted by molar-refractivity contribution is 0.0695. The summed E-state index contributed by atoms with van der Waals surface area (Å²) in [5, 5.41) is 3.58. The van der Waals surface area contributed by atoms with E-state index in [1.54, 1.807) is 24.1 Å². The van der Waals surface area contributed by atoms with E-state index in [-0.39, 0.29) is 17.9 Å². The first kappa shape index (κ1) is 22.0. The summed E-state index contributed by atoms with van der Waals surface area (Å²) in [5.74, 6) is 0.298. The monoisotopic (exact) mass is 451 g/mol. The maximum absolute atomic E-state index is 13.2. The summed E-state index contributed by atoms with van der Waals surface area (Å²) in [6.07, 6.45) is 5.16. The van der Waals surface area contributed by atoms with Gasteiger partial charge in [0.05, 0.1) is 23.4 Å². The Labute approximate surface area is 192 Å². The molecule has 2 aromatic carbocycles. The Hall–Kier alpha value is -3.25. The number of benzene rings is 2. The fourth-order valence-corrected chi connectivity index (χ4v) is 4.32. The maximum Gasteiger partial charge on any atom is 0.257 e. The van der Waals surface area contributed by atoms with Crippen molar-refractivity contribution in [3.63, 3.8) is 0 Å². The minimum Gasteiger partial charge on any atom is -0.496 e. The molecular weight excluding hydrogens is 426 g/mol. The molecule has 1 saturated heterocycles. The van der Waals surface area contributed by atoms with Gasteiger partial charge in [0.2, 0.25) is 0 Å².